The van der Waals surface area contributed by atoms with Gasteiger partial charge in [0.25, 0.3) is 20.2 Å². The van der Waals surface area contributed by atoms with Gasteiger partial charge < -0.3 is 0 Å². The van der Waals surface area contributed by atoms with Crippen molar-refractivity contribution in [3.8, 4) is 0 Å². The summed E-state index contributed by atoms with van der Waals surface area (Å²) in [6, 6.07) is 0. The first-order chi connectivity index (χ1) is 6.21. The maximum Gasteiger partial charge on any atom is 0.265 e. The molecule has 0 rings (SSSR count). The van der Waals surface area contributed by atoms with Gasteiger partial charge in [0.1, 0.15) is 0 Å². The fourth-order valence-electron chi connectivity index (χ4n) is 0.805. The van der Waals surface area contributed by atoms with Crippen LogP contribution in [0.1, 0.15) is 19.3 Å². The molecule has 0 atom stereocenters. The second-order valence-corrected chi connectivity index (χ2v) is 5.89. The molecule has 0 fully saturated rings. The molecule has 0 aliphatic heterocycles. The maximum absolute atomic E-state index is 10.2. The van der Waals surface area contributed by atoms with Gasteiger partial charge in [0.05, 0.1) is 11.5 Å². The Kier molecular flexibility index (Phi) is 5.57. The summed E-state index contributed by atoms with van der Waals surface area (Å²) >= 11 is 0. The van der Waals surface area contributed by atoms with Crippen LogP contribution < -0.4 is 0 Å². The normalized spacial score (nSPS) is 13.0. The Morgan fingerprint density at radius 1 is 0.929 bits per heavy atom. The summed E-state index contributed by atoms with van der Waals surface area (Å²) in [5.74, 6) is -0.758. The smallest absolute Gasteiger partial charge is 0.265 e. The van der Waals surface area contributed by atoms with Crippen molar-refractivity contribution < 1.29 is 25.9 Å². The zero-order valence-electron chi connectivity index (χ0n) is 7.46. The van der Waals surface area contributed by atoms with Crippen LogP contribution in [0.2, 0.25) is 0 Å². The lowest BCUT2D eigenvalue weighted by Gasteiger charge is -1.98. The molecule has 0 spiro atoms. The molecule has 0 unspecified atom stereocenters. The van der Waals surface area contributed by atoms with Gasteiger partial charge in [0, 0.05) is 0 Å². The molecular formula is C6H13O6S2. The first-order valence-electron chi connectivity index (χ1n) is 3.93. The molecule has 0 aromatic carbocycles. The summed E-state index contributed by atoms with van der Waals surface area (Å²) in [6.45, 7) is 0. The van der Waals surface area contributed by atoms with Gasteiger partial charge in [-0.05, 0) is 19.3 Å². The average Bonchev–Trinajstić information content (AvgIpc) is 1.92. The molecule has 0 aromatic heterocycles. The standard InChI is InChI=1S/C6H13O6S2/c7-13(8,9)5-3-1-2-4-6-14(10,11)12/h3H,1-2,4-6H2,(H,7,8,9)(H,10,11,12). The highest BCUT2D eigenvalue weighted by molar-refractivity contribution is 7.86. The van der Waals surface area contributed by atoms with Gasteiger partial charge in [-0.2, -0.15) is 16.8 Å². The molecule has 0 saturated heterocycles. The second-order valence-electron chi connectivity index (χ2n) is 2.82. The van der Waals surface area contributed by atoms with Gasteiger partial charge >= 0.3 is 0 Å². The molecule has 0 aromatic rings. The van der Waals surface area contributed by atoms with Crippen molar-refractivity contribution in [2.75, 3.05) is 11.5 Å². The lowest BCUT2D eigenvalue weighted by Crippen LogP contribution is -2.05. The first-order valence-corrected chi connectivity index (χ1v) is 7.14. The van der Waals surface area contributed by atoms with E-state index < -0.39 is 26.0 Å². The molecule has 0 heterocycles. The zero-order chi connectivity index (χ0) is 11.2. The highest BCUT2D eigenvalue weighted by atomic mass is 32.2. The Morgan fingerprint density at radius 2 is 1.50 bits per heavy atom. The minimum Gasteiger partial charge on any atom is -0.286 e. The van der Waals surface area contributed by atoms with Crippen LogP contribution in [-0.4, -0.2) is 37.4 Å². The predicted octanol–water partition coefficient (Wildman–Crippen LogP) is 0.137. The Bertz CT molecular complexity index is 305. The number of unbranched alkanes of at least 4 members (excludes halogenated alkanes) is 3. The van der Waals surface area contributed by atoms with Gasteiger partial charge in [-0.25, -0.2) is 0 Å². The van der Waals surface area contributed by atoms with Crippen LogP contribution in [0.15, 0.2) is 0 Å². The minimum absolute atomic E-state index is 0.265. The van der Waals surface area contributed by atoms with E-state index in [9.17, 15) is 16.8 Å². The summed E-state index contributed by atoms with van der Waals surface area (Å²) in [4.78, 5) is 0. The van der Waals surface area contributed by atoms with Gasteiger partial charge in [0.15, 0.2) is 0 Å². The summed E-state index contributed by atoms with van der Waals surface area (Å²) in [5.41, 5.74) is 0. The van der Waals surface area contributed by atoms with Crippen molar-refractivity contribution in [1.29, 1.82) is 0 Å². The molecule has 14 heavy (non-hydrogen) atoms. The number of hydrogen-bond donors (Lipinski definition) is 2. The molecular weight excluding hydrogens is 232 g/mol. The van der Waals surface area contributed by atoms with Crippen LogP contribution in [0.4, 0.5) is 0 Å². The third kappa shape index (κ3) is 11.8. The molecule has 0 amide bonds. The minimum atomic E-state index is -3.96. The summed E-state index contributed by atoms with van der Waals surface area (Å²) in [6.07, 6.45) is 2.45. The third-order valence-electron chi connectivity index (χ3n) is 1.39. The molecule has 0 saturated carbocycles. The Hall–Kier alpha value is -0.180. The summed E-state index contributed by atoms with van der Waals surface area (Å²) in [5, 5.41) is 0. The first kappa shape index (κ1) is 13.8. The Labute approximate surface area is 83.8 Å². The highest BCUT2D eigenvalue weighted by Gasteiger charge is 2.05. The van der Waals surface area contributed by atoms with Crippen molar-refractivity contribution in [1.82, 2.24) is 0 Å². The zero-order valence-corrected chi connectivity index (χ0v) is 9.09. The van der Waals surface area contributed by atoms with E-state index in [1.165, 1.54) is 6.42 Å². The van der Waals surface area contributed by atoms with Gasteiger partial charge in [-0.1, -0.05) is 6.42 Å². The quantitative estimate of drug-likeness (QED) is 0.487. The Morgan fingerprint density at radius 3 is 1.93 bits per heavy atom. The van der Waals surface area contributed by atoms with E-state index in [2.05, 4.69) is 0 Å². The van der Waals surface area contributed by atoms with Crippen LogP contribution in [0, 0.1) is 6.42 Å². The molecule has 0 aliphatic carbocycles. The van der Waals surface area contributed by atoms with Crippen molar-refractivity contribution in [2.45, 2.75) is 19.3 Å². The molecule has 8 heteroatoms. The number of hydrogen-bond acceptors (Lipinski definition) is 4. The number of rotatable bonds is 7. The topological polar surface area (TPSA) is 109 Å². The van der Waals surface area contributed by atoms with Crippen LogP contribution in [-0.2, 0) is 20.2 Å². The third-order valence-corrected chi connectivity index (χ3v) is 2.85. The van der Waals surface area contributed by atoms with E-state index in [1.54, 1.807) is 0 Å². The molecule has 85 valence electrons. The fourth-order valence-corrected chi connectivity index (χ4v) is 1.84. The maximum atomic E-state index is 10.2. The Balaban J connectivity index is 3.41. The highest BCUT2D eigenvalue weighted by Crippen LogP contribution is 2.02. The van der Waals surface area contributed by atoms with Crippen molar-refractivity contribution in [3.05, 3.63) is 6.42 Å². The lowest BCUT2D eigenvalue weighted by molar-refractivity contribution is 0.477. The van der Waals surface area contributed by atoms with E-state index in [1.807, 2.05) is 0 Å². The molecule has 1 radical (unpaired) electrons. The van der Waals surface area contributed by atoms with E-state index >= 15 is 0 Å². The van der Waals surface area contributed by atoms with Crippen molar-refractivity contribution >= 4 is 20.2 Å². The SMILES string of the molecule is O=S(=O)(O)C[CH]CCCCS(=O)(=O)O. The lowest BCUT2D eigenvalue weighted by atomic mass is 10.2. The van der Waals surface area contributed by atoms with Crippen LogP contribution in [0.3, 0.4) is 0 Å². The second kappa shape index (κ2) is 5.64. The summed E-state index contributed by atoms with van der Waals surface area (Å²) < 4.78 is 57.5. The summed E-state index contributed by atoms with van der Waals surface area (Å²) in [7, 11) is -7.88. The van der Waals surface area contributed by atoms with Gasteiger partial charge in [-0.3, -0.25) is 9.11 Å². The van der Waals surface area contributed by atoms with Gasteiger partial charge in [0.2, 0.25) is 0 Å². The van der Waals surface area contributed by atoms with E-state index in [0.717, 1.165) is 0 Å². The van der Waals surface area contributed by atoms with Crippen LogP contribution in [0.25, 0.3) is 0 Å². The van der Waals surface area contributed by atoms with Crippen molar-refractivity contribution in [2.24, 2.45) is 0 Å². The van der Waals surface area contributed by atoms with Crippen LogP contribution >= 0.6 is 0 Å². The van der Waals surface area contributed by atoms with Gasteiger partial charge in [-0.15, -0.1) is 0 Å². The monoisotopic (exact) mass is 245 g/mol. The molecule has 6 nitrogen and oxygen atoms in total. The average molecular weight is 245 g/mol. The molecule has 2 N–H and O–H groups in total. The molecule has 0 aliphatic rings. The van der Waals surface area contributed by atoms with E-state index in [4.69, 9.17) is 9.11 Å². The van der Waals surface area contributed by atoms with E-state index in [0.29, 0.717) is 12.8 Å². The fraction of sp³-hybridized carbons (Fsp3) is 0.833. The van der Waals surface area contributed by atoms with Crippen molar-refractivity contribution in [3.63, 3.8) is 0 Å². The molecule has 0 bridgehead atoms. The predicted molar refractivity (Wildman–Crippen MR) is 51.0 cm³/mol. The largest absolute Gasteiger partial charge is 0.286 e. The van der Waals surface area contributed by atoms with E-state index in [-0.39, 0.29) is 12.2 Å². The van der Waals surface area contributed by atoms with Crippen LogP contribution in [0.5, 0.6) is 0 Å².